The highest BCUT2D eigenvalue weighted by atomic mass is 19.3. The molecule has 164 valence electrons. The Labute approximate surface area is 175 Å². The molecule has 0 spiro atoms. The van der Waals surface area contributed by atoms with Crippen LogP contribution in [-0.4, -0.2) is 39.9 Å². The summed E-state index contributed by atoms with van der Waals surface area (Å²) in [5, 5.41) is 6.33. The third-order valence-corrected chi connectivity index (χ3v) is 3.93. The van der Waals surface area contributed by atoms with Crippen molar-refractivity contribution >= 4 is 11.6 Å². The van der Waals surface area contributed by atoms with Crippen molar-refractivity contribution in [2.45, 2.75) is 27.0 Å². The monoisotopic (exact) mass is 423 g/mol. The lowest BCUT2D eigenvalue weighted by Crippen LogP contribution is -2.30. The molecule has 0 radical (unpaired) electrons. The number of benzene rings is 2. The molecule has 2 N–H and O–H groups in total. The number of guanidine groups is 1. The van der Waals surface area contributed by atoms with Gasteiger partial charge in [0.2, 0.25) is 0 Å². The summed E-state index contributed by atoms with van der Waals surface area (Å²) in [5.74, 6) is 2.04. The van der Waals surface area contributed by atoms with Crippen molar-refractivity contribution in [3.05, 3.63) is 42.0 Å². The molecule has 2 aromatic rings. The fraction of sp³-hybridized carbons (Fsp3) is 0.381. The summed E-state index contributed by atoms with van der Waals surface area (Å²) in [6.07, 6.45) is 0. The highest BCUT2D eigenvalue weighted by Crippen LogP contribution is 2.31. The molecule has 30 heavy (non-hydrogen) atoms. The minimum Gasteiger partial charge on any atom is -0.493 e. The molecule has 0 fully saturated rings. The number of hydrogen-bond acceptors (Lipinski definition) is 5. The highest BCUT2D eigenvalue weighted by molar-refractivity contribution is 5.93. The summed E-state index contributed by atoms with van der Waals surface area (Å²) >= 11 is 0. The Hall–Kier alpha value is -3.23. The van der Waals surface area contributed by atoms with E-state index < -0.39 is 6.61 Å². The van der Waals surface area contributed by atoms with Gasteiger partial charge in [0.25, 0.3) is 0 Å². The third-order valence-electron chi connectivity index (χ3n) is 3.93. The molecule has 0 aliphatic heterocycles. The molecule has 0 saturated heterocycles. The zero-order valence-corrected chi connectivity index (χ0v) is 17.5. The molecule has 7 nitrogen and oxygen atoms in total. The SMILES string of the molecule is CCOc1ccc(NC(=NC)NCc2ccc(OC(F)F)c(OCC)c2)cc1OC. The van der Waals surface area contributed by atoms with Gasteiger partial charge in [-0.05, 0) is 43.7 Å². The van der Waals surface area contributed by atoms with Gasteiger partial charge in [-0.2, -0.15) is 8.78 Å². The maximum Gasteiger partial charge on any atom is 0.387 e. The van der Waals surface area contributed by atoms with Crippen molar-refractivity contribution in [1.82, 2.24) is 5.32 Å². The number of nitrogens with one attached hydrogen (secondary N) is 2. The van der Waals surface area contributed by atoms with Gasteiger partial charge in [0.05, 0.1) is 20.3 Å². The van der Waals surface area contributed by atoms with E-state index in [1.807, 2.05) is 25.1 Å². The zero-order chi connectivity index (χ0) is 21.9. The molecular formula is C21H27F2N3O4. The van der Waals surface area contributed by atoms with Crippen LogP contribution < -0.4 is 29.6 Å². The number of halogens is 2. The fourth-order valence-electron chi connectivity index (χ4n) is 2.65. The van der Waals surface area contributed by atoms with E-state index in [4.69, 9.17) is 14.2 Å². The average Bonchev–Trinajstić information content (AvgIpc) is 2.73. The lowest BCUT2D eigenvalue weighted by molar-refractivity contribution is -0.0514. The van der Waals surface area contributed by atoms with Crippen molar-refractivity contribution in [2.75, 3.05) is 32.7 Å². The molecule has 2 rings (SSSR count). The van der Waals surface area contributed by atoms with Crippen LogP contribution in [0, 0.1) is 0 Å². The zero-order valence-electron chi connectivity index (χ0n) is 17.5. The van der Waals surface area contributed by atoms with Gasteiger partial charge >= 0.3 is 6.61 Å². The summed E-state index contributed by atoms with van der Waals surface area (Å²) in [7, 11) is 3.22. The second kappa shape index (κ2) is 11.7. The van der Waals surface area contributed by atoms with Crippen LogP contribution >= 0.6 is 0 Å². The van der Waals surface area contributed by atoms with E-state index in [-0.39, 0.29) is 11.5 Å². The molecule has 0 bridgehead atoms. The minimum atomic E-state index is -2.91. The number of anilines is 1. The second-order valence-corrected chi connectivity index (χ2v) is 5.94. The quantitative estimate of drug-likeness (QED) is 0.439. The first-order chi connectivity index (χ1) is 14.5. The van der Waals surface area contributed by atoms with E-state index in [1.54, 1.807) is 33.2 Å². The van der Waals surface area contributed by atoms with Crippen LogP contribution in [0.25, 0.3) is 0 Å². The molecule has 2 aromatic carbocycles. The van der Waals surface area contributed by atoms with Gasteiger partial charge < -0.3 is 29.6 Å². The predicted molar refractivity (Wildman–Crippen MR) is 112 cm³/mol. The number of alkyl halides is 2. The lowest BCUT2D eigenvalue weighted by Gasteiger charge is -2.16. The van der Waals surface area contributed by atoms with Crippen LogP contribution in [0.1, 0.15) is 19.4 Å². The van der Waals surface area contributed by atoms with Crippen molar-refractivity contribution in [2.24, 2.45) is 4.99 Å². The molecule has 0 unspecified atom stereocenters. The van der Waals surface area contributed by atoms with Crippen LogP contribution in [0.3, 0.4) is 0 Å². The molecule has 9 heteroatoms. The average molecular weight is 423 g/mol. The maximum atomic E-state index is 12.5. The molecule has 0 aromatic heterocycles. The minimum absolute atomic E-state index is 0.000380. The summed E-state index contributed by atoms with van der Waals surface area (Å²) in [6, 6.07) is 10.3. The van der Waals surface area contributed by atoms with Gasteiger partial charge in [-0.25, -0.2) is 0 Å². The van der Waals surface area contributed by atoms with Crippen LogP contribution in [0.2, 0.25) is 0 Å². The summed E-state index contributed by atoms with van der Waals surface area (Å²) in [5.41, 5.74) is 1.58. The lowest BCUT2D eigenvalue weighted by atomic mass is 10.2. The van der Waals surface area contributed by atoms with Crippen LogP contribution in [0.4, 0.5) is 14.5 Å². The Morgan fingerprint density at radius 3 is 2.30 bits per heavy atom. The molecular weight excluding hydrogens is 396 g/mol. The number of rotatable bonds is 10. The van der Waals surface area contributed by atoms with E-state index in [9.17, 15) is 8.78 Å². The number of ether oxygens (including phenoxy) is 4. The van der Waals surface area contributed by atoms with Crippen molar-refractivity contribution in [1.29, 1.82) is 0 Å². The maximum absolute atomic E-state index is 12.5. The van der Waals surface area contributed by atoms with E-state index in [0.717, 1.165) is 11.3 Å². The Kier molecular flexibility index (Phi) is 8.99. The second-order valence-electron chi connectivity index (χ2n) is 5.94. The van der Waals surface area contributed by atoms with Gasteiger partial charge in [0, 0.05) is 25.3 Å². The van der Waals surface area contributed by atoms with Gasteiger partial charge in [-0.3, -0.25) is 4.99 Å². The van der Waals surface area contributed by atoms with E-state index in [0.29, 0.717) is 37.2 Å². The van der Waals surface area contributed by atoms with Crippen molar-refractivity contribution in [3.63, 3.8) is 0 Å². The number of methoxy groups -OCH3 is 1. The Bertz CT molecular complexity index is 847. The first kappa shape index (κ1) is 23.1. The standard InChI is InChI=1S/C21H27F2N3O4/c1-5-28-16-10-8-15(12-18(16)27-4)26-21(24-3)25-13-14-7-9-17(30-20(22)23)19(11-14)29-6-2/h7-12,20H,5-6,13H2,1-4H3,(H2,24,25,26). The van der Waals surface area contributed by atoms with Crippen molar-refractivity contribution in [3.8, 4) is 23.0 Å². The molecule has 0 aliphatic rings. The summed E-state index contributed by atoms with van der Waals surface area (Å²) in [6.45, 7) is 2.02. The van der Waals surface area contributed by atoms with E-state index in [1.165, 1.54) is 6.07 Å². The number of nitrogens with zero attached hydrogens (tertiary/aromatic N) is 1. The smallest absolute Gasteiger partial charge is 0.387 e. The summed E-state index contributed by atoms with van der Waals surface area (Å²) < 4.78 is 45.8. The van der Waals surface area contributed by atoms with Crippen LogP contribution in [0.15, 0.2) is 41.4 Å². The first-order valence-corrected chi connectivity index (χ1v) is 9.49. The van der Waals surface area contributed by atoms with E-state index in [2.05, 4.69) is 20.4 Å². The summed E-state index contributed by atoms with van der Waals surface area (Å²) in [4.78, 5) is 4.20. The van der Waals surface area contributed by atoms with Gasteiger partial charge in [0.1, 0.15) is 0 Å². The molecule has 0 amide bonds. The molecule has 0 heterocycles. The van der Waals surface area contributed by atoms with Crippen molar-refractivity contribution < 1.29 is 27.7 Å². The molecule has 0 saturated carbocycles. The van der Waals surface area contributed by atoms with Crippen LogP contribution in [0.5, 0.6) is 23.0 Å². The molecule has 0 aliphatic carbocycles. The largest absolute Gasteiger partial charge is 0.493 e. The predicted octanol–water partition coefficient (Wildman–Crippen LogP) is 4.28. The van der Waals surface area contributed by atoms with Gasteiger partial charge in [-0.15, -0.1) is 0 Å². The highest BCUT2D eigenvalue weighted by Gasteiger charge is 2.12. The van der Waals surface area contributed by atoms with E-state index >= 15 is 0 Å². The number of aliphatic imine (C=N–C) groups is 1. The topological polar surface area (TPSA) is 73.3 Å². The first-order valence-electron chi connectivity index (χ1n) is 9.49. The van der Waals surface area contributed by atoms with Gasteiger partial charge in [-0.1, -0.05) is 6.07 Å². The van der Waals surface area contributed by atoms with Gasteiger partial charge in [0.15, 0.2) is 29.0 Å². The molecule has 0 atom stereocenters. The Morgan fingerprint density at radius 1 is 0.967 bits per heavy atom. The Balaban J connectivity index is 2.06. The van der Waals surface area contributed by atoms with Crippen LogP contribution in [-0.2, 0) is 6.54 Å². The third kappa shape index (κ3) is 6.68. The Morgan fingerprint density at radius 2 is 1.67 bits per heavy atom. The normalized spacial score (nSPS) is 11.2. The fourth-order valence-corrected chi connectivity index (χ4v) is 2.65. The number of hydrogen-bond donors (Lipinski definition) is 2.